The summed E-state index contributed by atoms with van der Waals surface area (Å²) in [4.78, 5) is 21.6. The van der Waals surface area contributed by atoms with E-state index in [9.17, 15) is 4.79 Å². The van der Waals surface area contributed by atoms with Crippen molar-refractivity contribution in [2.75, 3.05) is 31.6 Å². The van der Waals surface area contributed by atoms with Crippen molar-refractivity contribution < 1.29 is 4.79 Å². The Bertz CT molecular complexity index is 950. The molecule has 2 heterocycles. The minimum Gasteiger partial charge on any atom is -0.371 e. The lowest BCUT2D eigenvalue weighted by atomic mass is 10.1. The van der Waals surface area contributed by atoms with Gasteiger partial charge in [-0.2, -0.15) is 0 Å². The second kappa shape index (κ2) is 7.89. The highest BCUT2D eigenvalue weighted by Gasteiger charge is 2.25. The first kappa shape index (κ1) is 18.3. The summed E-state index contributed by atoms with van der Waals surface area (Å²) in [5.41, 5.74) is 2.94. The highest BCUT2D eigenvalue weighted by molar-refractivity contribution is 5.95. The molecule has 4 rings (SSSR count). The molecule has 0 unspecified atom stereocenters. The number of para-hydroxylation sites is 1. The molecule has 1 fully saturated rings. The van der Waals surface area contributed by atoms with E-state index in [4.69, 9.17) is 0 Å². The third-order valence-electron chi connectivity index (χ3n) is 5.47. The summed E-state index contributed by atoms with van der Waals surface area (Å²) in [5.74, 6) is 1.42. The molecule has 28 heavy (non-hydrogen) atoms. The fraction of sp³-hybridized carbons (Fsp3) is 0.304. The number of benzene rings is 2. The lowest BCUT2D eigenvalue weighted by molar-refractivity contribution is 0.0776. The van der Waals surface area contributed by atoms with Crippen molar-refractivity contribution >= 4 is 11.6 Å². The SMILES string of the molecule is CN(C[C@H]1CCN(c2ccccc2)C1)C(=O)c1cccc(-c2nccn2C)c1. The van der Waals surface area contributed by atoms with E-state index in [2.05, 4.69) is 34.1 Å². The van der Waals surface area contributed by atoms with Crippen LogP contribution in [0.2, 0.25) is 0 Å². The van der Waals surface area contributed by atoms with Gasteiger partial charge in [-0.15, -0.1) is 0 Å². The Kier molecular flexibility index (Phi) is 5.15. The quantitative estimate of drug-likeness (QED) is 0.684. The molecule has 1 atom stereocenters. The summed E-state index contributed by atoms with van der Waals surface area (Å²) >= 11 is 0. The van der Waals surface area contributed by atoms with Gasteiger partial charge in [-0.25, -0.2) is 4.98 Å². The number of hydrogen-bond acceptors (Lipinski definition) is 3. The smallest absolute Gasteiger partial charge is 0.253 e. The number of carbonyl (C=O) groups is 1. The van der Waals surface area contributed by atoms with Gasteiger partial charge in [0.1, 0.15) is 5.82 Å². The first-order chi connectivity index (χ1) is 13.6. The van der Waals surface area contributed by atoms with Gasteiger partial charge in [0.15, 0.2) is 0 Å². The van der Waals surface area contributed by atoms with E-state index in [1.807, 2.05) is 60.1 Å². The number of aromatic nitrogens is 2. The van der Waals surface area contributed by atoms with Crippen LogP contribution in [-0.4, -0.2) is 47.0 Å². The molecule has 2 aromatic carbocycles. The van der Waals surface area contributed by atoms with Gasteiger partial charge in [-0.3, -0.25) is 4.79 Å². The minimum absolute atomic E-state index is 0.0641. The molecule has 1 aliphatic heterocycles. The second-order valence-corrected chi connectivity index (χ2v) is 7.56. The van der Waals surface area contributed by atoms with Gasteiger partial charge in [-0.05, 0) is 36.6 Å². The van der Waals surface area contributed by atoms with E-state index in [0.29, 0.717) is 11.5 Å². The highest BCUT2D eigenvalue weighted by atomic mass is 16.2. The van der Waals surface area contributed by atoms with Crippen LogP contribution in [0.3, 0.4) is 0 Å². The van der Waals surface area contributed by atoms with Gasteiger partial charge in [-0.1, -0.05) is 30.3 Å². The molecule has 1 aliphatic rings. The zero-order chi connectivity index (χ0) is 19.5. The van der Waals surface area contributed by atoms with Crippen LogP contribution in [0.1, 0.15) is 16.8 Å². The molecule has 0 N–H and O–H groups in total. The van der Waals surface area contributed by atoms with Crippen LogP contribution in [0.15, 0.2) is 67.0 Å². The van der Waals surface area contributed by atoms with Gasteiger partial charge < -0.3 is 14.4 Å². The number of rotatable bonds is 5. The Morgan fingerprint density at radius 3 is 2.75 bits per heavy atom. The van der Waals surface area contributed by atoms with Gasteiger partial charge in [0, 0.05) is 62.9 Å². The number of anilines is 1. The molecular formula is C23H26N4O. The molecule has 0 aliphatic carbocycles. The highest BCUT2D eigenvalue weighted by Crippen LogP contribution is 2.25. The zero-order valence-electron chi connectivity index (χ0n) is 16.5. The van der Waals surface area contributed by atoms with Crippen LogP contribution < -0.4 is 4.90 Å². The molecule has 1 aromatic heterocycles. The number of imidazole rings is 1. The van der Waals surface area contributed by atoms with Gasteiger partial charge in [0.2, 0.25) is 0 Å². The third-order valence-corrected chi connectivity index (χ3v) is 5.47. The second-order valence-electron chi connectivity index (χ2n) is 7.56. The number of hydrogen-bond donors (Lipinski definition) is 0. The lowest BCUT2D eigenvalue weighted by Gasteiger charge is -2.23. The van der Waals surface area contributed by atoms with E-state index < -0.39 is 0 Å². The first-order valence-corrected chi connectivity index (χ1v) is 9.75. The van der Waals surface area contributed by atoms with Gasteiger partial charge in [0.25, 0.3) is 5.91 Å². The normalized spacial score (nSPS) is 16.4. The summed E-state index contributed by atoms with van der Waals surface area (Å²) in [6.07, 6.45) is 4.79. The predicted octanol–water partition coefficient (Wildman–Crippen LogP) is 3.69. The summed E-state index contributed by atoms with van der Waals surface area (Å²) in [6, 6.07) is 18.2. The van der Waals surface area contributed by atoms with E-state index in [-0.39, 0.29) is 5.91 Å². The van der Waals surface area contributed by atoms with E-state index in [1.165, 1.54) is 5.69 Å². The standard InChI is InChI=1S/C23H26N4O/c1-25-14-12-24-22(25)19-7-6-8-20(15-19)23(28)26(2)16-18-11-13-27(17-18)21-9-4-3-5-10-21/h3-10,12,14-15,18H,11,13,16-17H2,1-2H3/t18-/m1/s1. The maximum absolute atomic E-state index is 13.0. The van der Waals surface area contributed by atoms with Crippen LogP contribution in [-0.2, 0) is 7.05 Å². The topological polar surface area (TPSA) is 41.4 Å². The Morgan fingerprint density at radius 1 is 1.18 bits per heavy atom. The summed E-state index contributed by atoms with van der Waals surface area (Å²) in [7, 11) is 3.86. The summed E-state index contributed by atoms with van der Waals surface area (Å²) < 4.78 is 1.96. The minimum atomic E-state index is 0.0641. The molecule has 1 saturated heterocycles. The van der Waals surface area contributed by atoms with Gasteiger partial charge >= 0.3 is 0 Å². The van der Waals surface area contributed by atoms with Crippen LogP contribution in [0.5, 0.6) is 0 Å². The van der Waals surface area contributed by atoms with Crippen molar-refractivity contribution in [1.29, 1.82) is 0 Å². The Labute approximate surface area is 166 Å². The monoisotopic (exact) mass is 374 g/mol. The van der Waals surface area contributed by atoms with Crippen molar-refractivity contribution in [2.45, 2.75) is 6.42 Å². The Morgan fingerprint density at radius 2 is 2.00 bits per heavy atom. The first-order valence-electron chi connectivity index (χ1n) is 9.75. The van der Waals surface area contributed by atoms with Crippen molar-refractivity contribution in [3.05, 3.63) is 72.6 Å². The van der Waals surface area contributed by atoms with Gasteiger partial charge in [0.05, 0.1) is 0 Å². The predicted molar refractivity (Wildman–Crippen MR) is 112 cm³/mol. The fourth-order valence-corrected chi connectivity index (χ4v) is 3.98. The van der Waals surface area contributed by atoms with Crippen molar-refractivity contribution in [1.82, 2.24) is 14.5 Å². The van der Waals surface area contributed by atoms with Crippen molar-refractivity contribution in [3.8, 4) is 11.4 Å². The fourth-order valence-electron chi connectivity index (χ4n) is 3.98. The van der Waals surface area contributed by atoms with Crippen LogP contribution in [0, 0.1) is 5.92 Å². The molecule has 0 radical (unpaired) electrons. The van der Waals surface area contributed by atoms with Crippen LogP contribution in [0.25, 0.3) is 11.4 Å². The molecule has 144 valence electrons. The molecule has 3 aromatic rings. The third kappa shape index (κ3) is 3.79. The Hall–Kier alpha value is -3.08. The number of amides is 1. The molecule has 0 bridgehead atoms. The number of nitrogens with zero attached hydrogens (tertiary/aromatic N) is 4. The molecule has 1 amide bonds. The molecule has 0 spiro atoms. The molecule has 0 saturated carbocycles. The van der Waals surface area contributed by atoms with E-state index in [0.717, 1.165) is 37.4 Å². The van der Waals surface area contributed by atoms with Crippen molar-refractivity contribution in [3.63, 3.8) is 0 Å². The van der Waals surface area contributed by atoms with Crippen molar-refractivity contribution in [2.24, 2.45) is 13.0 Å². The number of carbonyl (C=O) groups excluding carboxylic acids is 1. The maximum atomic E-state index is 13.0. The molecular weight excluding hydrogens is 348 g/mol. The Balaban J connectivity index is 1.41. The van der Waals surface area contributed by atoms with E-state index in [1.54, 1.807) is 6.20 Å². The zero-order valence-corrected chi connectivity index (χ0v) is 16.5. The van der Waals surface area contributed by atoms with Crippen LogP contribution >= 0.6 is 0 Å². The average Bonchev–Trinajstić information content (AvgIpc) is 3.37. The number of aryl methyl sites for hydroxylation is 1. The average molecular weight is 374 g/mol. The largest absolute Gasteiger partial charge is 0.371 e. The summed E-state index contributed by atoms with van der Waals surface area (Å²) in [6.45, 7) is 2.81. The van der Waals surface area contributed by atoms with Crippen LogP contribution in [0.4, 0.5) is 5.69 Å². The summed E-state index contributed by atoms with van der Waals surface area (Å²) in [5, 5.41) is 0. The van der Waals surface area contributed by atoms with E-state index >= 15 is 0 Å². The molecule has 5 heteroatoms. The lowest BCUT2D eigenvalue weighted by Crippen LogP contribution is -2.33. The maximum Gasteiger partial charge on any atom is 0.253 e. The molecule has 5 nitrogen and oxygen atoms in total.